The second-order valence-corrected chi connectivity index (χ2v) is 5.05. The Kier molecular flexibility index (Phi) is 3.00. The Morgan fingerprint density at radius 2 is 1.50 bits per heavy atom. The minimum Gasteiger partial charge on any atom is -0.268 e. The number of halogens is 3. The van der Waals surface area contributed by atoms with Crippen LogP contribution in [0, 0.1) is 5.82 Å². The number of benzene rings is 2. The van der Waals surface area contributed by atoms with Gasteiger partial charge in [-0.15, -0.1) is 0 Å². The van der Waals surface area contributed by atoms with E-state index in [9.17, 15) is 14.0 Å². The molecular weight excluding hydrogens is 304 g/mol. The lowest BCUT2D eigenvalue weighted by Crippen LogP contribution is -2.30. The molecule has 2 amide bonds. The molecule has 100 valence electrons. The minimum atomic E-state index is -0.822. The molecule has 0 aromatic heterocycles. The molecule has 3 rings (SSSR count). The SMILES string of the molecule is O=C1c2ccccc2C(=O)N1c1c(F)cc(Cl)cc1Cl. The molecule has 0 saturated carbocycles. The summed E-state index contributed by atoms with van der Waals surface area (Å²) in [6.45, 7) is 0. The average Bonchev–Trinajstić information content (AvgIpc) is 2.64. The largest absolute Gasteiger partial charge is 0.268 e. The fourth-order valence-electron chi connectivity index (χ4n) is 2.14. The highest BCUT2D eigenvalue weighted by atomic mass is 35.5. The van der Waals surface area contributed by atoms with Crippen molar-refractivity contribution in [2.45, 2.75) is 0 Å². The van der Waals surface area contributed by atoms with Gasteiger partial charge in [0.15, 0.2) is 0 Å². The summed E-state index contributed by atoms with van der Waals surface area (Å²) < 4.78 is 14.0. The van der Waals surface area contributed by atoms with E-state index in [1.165, 1.54) is 18.2 Å². The smallest absolute Gasteiger partial charge is 0.266 e. The Bertz CT molecular complexity index is 703. The van der Waals surface area contributed by atoms with E-state index in [1.54, 1.807) is 12.1 Å². The van der Waals surface area contributed by atoms with Gasteiger partial charge in [-0.05, 0) is 24.3 Å². The summed E-state index contributed by atoms with van der Waals surface area (Å²) >= 11 is 11.6. The lowest BCUT2D eigenvalue weighted by molar-refractivity contribution is 0.0925. The quantitative estimate of drug-likeness (QED) is 0.748. The maximum Gasteiger partial charge on any atom is 0.266 e. The van der Waals surface area contributed by atoms with Crippen molar-refractivity contribution >= 4 is 40.7 Å². The molecule has 0 N–H and O–H groups in total. The highest BCUT2D eigenvalue weighted by Gasteiger charge is 2.38. The third-order valence-corrected chi connectivity index (χ3v) is 3.51. The number of imide groups is 1. The number of amides is 2. The third-order valence-electron chi connectivity index (χ3n) is 3.00. The number of hydrogen-bond acceptors (Lipinski definition) is 2. The van der Waals surface area contributed by atoms with E-state index >= 15 is 0 Å². The Hall–Kier alpha value is -1.91. The summed E-state index contributed by atoms with van der Waals surface area (Å²) in [5.41, 5.74) is 0.174. The highest BCUT2D eigenvalue weighted by molar-refractivity contribution is 6.41. The monoisotopic (exact) mass is 309 g/mol. The summed E-state index contributed by atoms with van der Waals surface area (Å²) in [7, 11) is 0. The highest BCUT2D eigenvalue weighted by Crippen LogP contribution is 2.36. The molecule has 3 nitrogen and oxygen atoms in total. The fourth-order valence-corrected chi connectivity index (χ4v) is 2.69. The molecule has 0 bridgehead atoms. The molecule has 0 radical (unpaired) electrons. The van der Waals surface area contributed by atoms with Crippen molar-refractivity contribution in [1.82, 2.24) is 0 Å². The normalized spacial score (nSPS) is 13.8. The van der Waals surface area contributed by atoms with E-state index in [0.29, 0.717) is 0 Å². The third kappa shape index (κ3) is 1.80. The van der Waals surface area contributed by atoms with Crippen LogP contribution in [-0.4, -0.2) is 11.8 Å². The van der Waals surface area contributed by atoms with Crippen molar-refractivity contribution in [1.29, 1.82) is 0 Å². The Morgan fingerprint density at radius 1 is 0.950 bits per heavy atom. The van der Waals surface area contributed by atoms with Gasteiger partial charge in [0.05, 0.1) is 16.1 Å². The molecule has 20 heavy (non-hydrogen) atoms. The first-order valence-electron chi connectivity index (χ1n) is 5.63. The number of hydrogen-bond donors (Lipinski definition) is 0. The summed E-state index contributed by atoms with van der Waals surface area (Å²) in [6.07, 6.45) is 0. The molecule has 2 aromatic rings. The van der Waals surface area contributed by atoms with Crippen LogP contribution in [0.15, 0.2) is 36.4 Å². The fraction of sp³-hybridized carbons (Fsp3) is 0. The van der Waals surface area contributed by atoms with Crippen molar-refractivity contribution < 1.29 is 14.0 Å². The number of carbonyl (C=O) groups excluding carboxylic acids is 2. The summed E-state index contributed by atoms with van der Waals surface area (Å²) in [5.74, 6) is -2.03. The number of rotatable bonds is 1. The van der Waals surface area contributed by atoms with E-state index in [0.717, 1.165) is 11.0 Å². The van der Waals surface area contributed by atoms with Crippen LogP contribution in [0.25, 0.3) is 0 Å². The molecular formula is C14H6Cl2FNO2. The molecule has 0 saturated heterocycles. The topological polar surface area (TPSA) is 37.4 Å². The van der Waals surface area contributed by atoms with Gasteiger partial charge in [0.25, 0.3) is 11.8 Å². The molecule has 0 unspecified atom stereocenters. The molecule has 0 spiro atoms. The Balaban J connectivity index is 2.19. The molecule has 1 heterocycles. The van der Waals surface area contributed by atoms with Crippen LogP contribution in [0.5, 0.6) is 0 Å². The van der Waals surface area contributed by atoms with Gasteiger partial charge >= 0.3 is 0 Å². The van der Waals surface area contributed by atoms with Gasteiger partial charge in [0.1, 0.15) is 11.5 Å². The first kappa shape index (κ1) is 13.1. The van der Waals surface area contributed by atoms with Crippen molar-refractivity contribution in [3.63, 3.8) is 0 Å². The zero-order valence-electron chi connectivity index (χ0n) is 9.86. The molecule has 1 aliphatic rings. The second kappa shape index (κ2) is 4.58. The minimum absolute atomic E-state index is 0.0906. The van der Waals surface area contributed by atoms with Crippen molar-refractivity contribution in [2.75, 3.05) is 4.90 Å². The maximum absolute atomic E-state index is 14.0. The maximum atomic E-state index is 14.0. The lowest BCUT2D eigenvalue weighted by Gasteiger charge is -2.16. The van der Waals surface area contributed by atoms with Crippen LogP contribution < -0.4 is 4.90 Å². The molecule has 0 fully saturated rings. The van der Waals surface area contributed by atoms with Gasteiger partial charge in [0.2, 0.25) is 0 Å². The van der Waals surface area contributed by atoms with Gasteiger partial charge in [-0.25, -0.2) is 9.29 Å². The van der Waals surface area contributed by atoms with Crippen molar-refractivity contribution in [3.05, 3.63) is 63.4 Å². The lowest BCUT2D eigenvalue weighted by atomic mass is 10.1. The standard InChI is InChI=1S/C14H6Cl2FNO2/c15-7-5-10(16)12(11(17)6-7)18-13(19)8-3-1-2-4-9(8)14(18)20/h1-6H. The predicted molar refractivity (Wildman–Crippen MR) is 74.0 cm³/mol. The number of anilines is 1. The van der Waals surface area contributed by atoms with Gasteiger partial charge in [-0.1, -0.05) is 35.3 Å². The first-order valence-corrected chi connectivity index (χ1v) is 6.38. The zero-order chi connectivity index (χ0) is 14.4. The summed E-state index contributed by atoms with van der Waals surface area (Å²) in [5, 5.41) is -0.00244. The number of nitrogens with zero attached hydrogens (tertiary/aromatic N) is 1. The van der Waals surface area contributed by atoms with Gasteiger partial charge in [0, 0.05) is 5.02 Å². The molecule has 1 aliphatic heterocycles. The second-order valence-electron chi connectivity index (χ2n) is 4.21. The van der Waals surface area contributed by atoms with E-state index in [4.69, 9.17) is 23.2 Å². The van der Waals surface area contributed by atoms with Gasteiger partial charge in [-0.3, -0.25) is 9.59 Å². The van der Waals surface area contributed by atoms with E-state index in [-0.39, 0.29) is 26.9 Å². The predicted octanol–water partition coefficient (Wildman–Crippen LogP) is 3.93. The average molecular weight is 310 g/mol. The van der Waals surface area contributed by atoms with Crippen molar-refractivity contribution in [2.24, 2.45) is 0 Å². The molecule has 0 aliphatic carbocycles. The van der Waals surface area contributed by atoms with Gasteiger partial charge in [-0.2, -0.15) is 0 Å². The number of fused-ring (bicyclic) bond motifs is 1. The van der Waals surface area contributed by atoms with Crippen LogP contribution in [-0.2, 0) is 0 Å². The van der Waals surface area contributed by atoms with Crippen molar-refractivity contribution in [3.8, 4) is 0 Å². The van der Waals surface area contributed by atoms with Crippen LogP contribution >= 0.6 is 23.2 Å². The Labute approximate surface area is 123 Å². The molecule has 2 aromatic carbocycles. The number of carbonyl (C=O) groups is 2. The van der Waals surface area contributed by atoms with Crippen LogP contribution in [0.3, 0.4) is 0 Å². The summed E-state index contributed by atoms with van der Waals surface area (Å²) in [6, 6.07) is 8.58. The van der Waals surface area contributed by atoms with E-state index in [1.807, 2.05) is 0 Å². The Morgan fingerprint density at radius 3 is 2.00 bits per heavy atom. The van der Waals surface area contributed by atoms with Crippen LogP contribution in [0.1, 0.15) is 20.7 Å². The van der Waals surface area contributed by atoms with Crippen LogP contribution in [0.2, 0.25) is 10.0 Å². The zero-order valence-corrected chi connectivity index (χ0v) is 11.4. The van der Waals surface area contributed by atoms with Crippen LogP contribution in [0.4, 0.5) is 10.1 Å². The van der Waals surface area contributed by atoms with E-state index in [2.05, 4.69) is 0 Å². The van der Waals surface area contributed by atoms with E-state index < -0.39 is 17.6 Å². The molecule has 6 heteroatoms. The molecule has 0 atom stereocenters. The van der Waals surface area contributed by atoms with Gasteiger partial charge < -0.3 is 0 Å². The summed E-state index contributed by atoms with van der Waals surface area (Å²) in [4.78, 5) is 25.2. The first-order chi connectivity index (χ1) is 9.50.